The van der Waals surface area contributed by atoms with Gasteiger partial charge in [-0.3, -0.25) is 20.4 Å². The van der Waals surface area contributed by atoms with E-state index in [1.807, 2.05) is 19.1 Å². The molecule has 2 aromatic rings. The van der Waals surface area contributed by atoms with Gasteiger partial charge in [-0.25, -0.2) is 0 Å². The maximum absolute atomic E-state index is 11.9. The van der Waals surface area contributed by atoms with Gasteiger partial charge in [-0.2, -0.15) is 0 Å². The molecule has 0 fully saturated rings. The molecule has 0 spiro atoms. The highest BCUT2D eigenvalue weighted by molar-refractivity contribution is 6.42. The summed E-state index contributed by atoms with van der Waals surface area (Å²) < 4.78 is 5.42. The standard InChI is InChI=1S/C18H18Cl2N2O3/c1-2-12-6-8-13(9-7-12)18(24)22-21-16(23)10-11-25-15-5-3-4-14(19)17(15)20/h3-9H,2,10-11H2,1H3,(H,21,23)(H,22,24). The molecule has 0 saturated heterocycles. The van der Waals surface area contributed by atoms with Crippen LogP contribution in [0.25, 0.3) is 0 Å². The first kappa shape index (κ1) is 19.1. The number of carbonyl (C=O) groups is 2. The molecule has 2 rings (SSSR count). The van der Waals surface area contributed by atoms with E-state index in [1.54, 1.807) is 30.3 Å². The second-order valence-corrected chi connectivity index (χ2v) is 5.99. The smallest absolute Gasteiger partial charge is 0.269 e. The van der Waals surface area contributed by atoms with E-state index in [-0.39, 0.29) is 24.8 Å². The average molecular weight is 381 g/mol. The van der Waals surface area contributed by atoms with E-state index in [0.29, 0.717) is 21.4 Å². The van der Waals surface area contributed by atoms with Gasteiger partial charge < -0.3 is 4.74 Å². The lowest BCUT2D eigenvalue weighted by Crippen LogP contribution is -2.42. The van der Waals surface area contributed by atoms with Crippen molar-refractivity contribution in [3.05, 3.63) is 63.6 Å². The van der Waals surface area contributed by atoms with Crippen LogP contribution in [0.4, 0.5) is 0 Å². The van der Waals surface area contributed by atoms with E-state index in [2.05, 4.69) is 10.9 Å². The number of rotatable bonds is 6. The van der Waals surface area contributed by atoms with Crippen molar-refractivity contribution in [3.63, 3.8) is 0 Å². The molecule has 2 amide bonds. The van der Waals surface area contributed by atoms with E-state index >= 15 is 0 Å². The highest BCUT2D eigenvalue weighted by Crippen LogP contribution is 2.31. The van der Waals surface area contributed by atoms with Gasteiger partial charge in [0, 0.05) is 5.56 Å². The van der Waals surface area contributed by atoms with Gasteiger partial charge in [0.2, 0.25) is 5.91 Å². The van der Waals surface area contributed by atoms with E-state index in [4.69, 9.17) is 27.9 Å². The van der Waals surface area contributed by atoms with Crippen molar-refractivity contribution in [2.75, 3.05) is 6.61 Å². The van der Waals surface area contributed by atoms with Crippen LogP contribution in [0.2, 0.25) is 10.0 Å². The number of halogens is 2. The number of ether oxygens (including phenoxy) is 1. The number of amides is 2. The molecule has 132 valence electrons. The fraction of sp³-hybridized carbons (Fsp3) is 0.222. The normalized spacial score (nSPS) is 10.2. The summed E-state index contributed by atoms with van der Waals surface area (Å²) in [5.41, 5.74) is 6.32. The number of carbonyl (C=O) groups excluding carboxylic acids is 2. The predicted molar refractivity (Wildman–Crippen MR) is 98.0 cm³/mol. The quantitative estimate of drug-likeness (QED) is 0.749. The molecule has 2 aromatic carbocycles. The summed E-state index contributed by atoms with van der Waals surface area (Å²) in [6, 6.07) is 12.2. The molecule has 7 heteroatoms. The molecule has 2 N–H and O–H groups in total. The monoisotopic (exact) mass is 380 g/mol. The van der Waals surface area contributed by atoms with Crippen LogP contribution < -0.4 is 15.6 Å². The van der Waals surface area contributed by atoms with Gasteiger partial charge >= 0.3 is 0 Å². The van der Waals surface area contributed by atoms with Crippen LogP contribution in [0.5, 0.6) is 5.75 Å². The summed E-state index contributed by atoms with van der Waals surface area (Å²) in [7, 11) is 0. The number of hydrazine groups is 1. The van der Waals surface area contributed by atoms with Crippen LogP contribution in [0.1, 0.15) is 29.3 Å². The minimum atomic E-state index is -0.380. The maximum Gasteiger partial charge on any atom is 0.269 e. The molecule has 0 aliphatic rings. The lowest BCUT2D eigenvalue weighted by molar-refractivity contribution is -0.122. The van der Waals surface area contributed by atoms with Crippen LogP contribution in [0.3, 0.4) is 0 Å². The Morgan fingerprint density at radius 2 is 1.76 bits per heavy atom. The van der Waals surface area contributed by atoms with Gasteiger partial charge in [0.05, 0.1) is 18.1 Å². The number of nitrogens with one attached hydrogen (secondary N) is 2. The topological polar surface area (TPSA) is 67.4 Å². The summed E-state index contributed by atoms with van der Waals surface area (Å²) in [4.78, 5) is 23.7. The van der Waals surface area contributed by atoms with Crippen LogP contribution in [0.15, 0.2) is 42.5 Å². The Morgan fingerprint density at radius 3 is 2.44 bits per heavy atom. The first-order valence-electron chi connectivity index (χ1n) is 7.76. The number of aryl methyl sites for hydroxylation is 1. The molecule has 5 nitrogen and oxygen atoms in total. The molecule has 0 aromatic heterocycles. The molecule has 0 aliphatic carbocycles. The second kappa shape index (κ2) is 9.30. The molecule has 25 heavy (non-hydrogen) atoms. The van der Waals surface area contributed by atoms with Gasteiger partial charge in [0.25, 0.3) is 5.91 Å². The van der Waals surface area contributed by atoms with Gasteiger partial charge in [-0.05, 0) is 36.2 Å². The Balaban J connectivity index is 1.74. The summed E-state index contributed by atoms with van der Waals surface area (Å²) in [6.07, 6.45) is 0.952. The van der Waals surface area contributed by atoms with Crippen molar-refractivity contribution in [3.8, 4) is 5.75 Å². The van der Waals surface area contributed by atoms with Crippen LogP contribution in [-0.4, -0.2) is 18.4 Å². The van der Waals surface area contributed by atoms with E-state index < -0.39 is 0 Å². The molecule has 0 unspecified atom stereocenters. The van der Waals surface area contributed by atoms with E-state index in [1.165, 1.54) is 0 Å². The maximum atomic E-state index is 11.9. The van der Waals surface area contributed by atoms with Crippen molar-refractivity contribution in [2.24, 2.45) is 0 Å². The lowest BCUT2D eigenvalue weighted by atomic mass is 10.1. The zero-order valence-electron chi connectivity index (χ0n) is 13.6. The minimum absolute atomic E-state index is 0.0535. The molecular weight excluding hydrogens is 363 g/mol. The molecule has 0 saturated carbocycles. The molecule has 0 aliphatic heterocycles. The second-order valence-electron chi connectivity index (χ2n) is 5.20. The fourth-order valence-corrected chi connectivity index (χ4v) is 2.35. The van der Waals surface area contributed by atoms with Crippen LogP contribution in [0, 0.1) is 0 Å². The van der Waals surface area contributed by atoms with Crippen molar-refractivity contribution in [2.45, 2.75) is 19.8 Å². The summed E-state index contributed by atoms with van der Waals surface area (Å²) in [6.45, 7) is 2.14. The SMILES string of the molecule is CCc1ccc(C(=O)NNC(=O)CCOc2cccc(Cl)c2Cl)cc1. The van der Waals surface area contributed by atoms with Gasteiger partial charge in [-0.1, -0.05) is 48.3 Å². The molecule has 0 atom stereocenters. The van der Waals surface area contributed by atoms with Crippen molar-refractivity contribution in [1.29, 1.82) is 0 Å². The summed E-state index contributed by atoms with van der Waals surface area (Å²) >= 11 is 11.9. The first-order chi connectivity index (χ1) is 12.0. The minimum Gasteiger partial charge on any atom is -0.491 e. The zero-order chi connectivity index (χ0) is 18.2. The fourth-order valence-electron chi connectivity index (χ4n) is 2.00. The number of hydrogen-bond acceptors (Lipinski definition) is 3. The van der Waals surface area contributed by atoms with Crippen LogP contribution in [-0.2, 0) is 11.2 Å². The lowest BCUT2D eigenvalue weighted by Gasteiger charge is -2.10. The third kappa shape index (κ3) is 5.66. The van der Waals surface area contributed by atoms with Gasteiger partial charge in [-0.15, -0.1) is 0 Å². The van der Waals surface area contributed by atoms with Crippen molar-refractivity contribution >= 4 is 35.0 Å². The Kier molecular flexibility index (Phi) is 7.10. The summed E-state index contributed by atoms with van der Waals surface area (Å²) in [5.74, 6) is -0.353. The van der Waals surface area contributed by atoms with E-state index in [0.717, 1.165) is 12.0 Å². The Bertz CT molecular complexity index is 748. The molecule has 0 radical (unpaired) electrons. The molecule has 0 heterocycles. The summed E-state index contributed by atoms with van der Waals surface area (Å²) in [5, 5.41) is 0.679. The largest absolute Gasteiger partial charge is 0.491 e. The molecule has 0 bridgehead atoms. The van der Waals surface area contributed by atoms with Crippen LogP contribution >= 0.6 is 23.2 Å². The highest BCUT2D eigenvalue weighted by atomic mass is 35.5. The Labute approximate surface area is 156 Å². The van der Waals surface area contributed by atoms with Crippen molar-refractivity contribution < 1.29 is 14.3 Å². The highest BCUT2D eigenvalue weighted by Gasteiger charge is 2.09. The number of hydrogen-bond donors (Lipinski definition) is 2. The Morgan fingerprint density at radius 1 is 1.04 bits per heavy atom. The Hall–Kier alpha value is -2.24. The predicted octanol–water partition coefficient (Wildman–Crippen LogP) is 3.79. The third-order valence-electron chi connectivity index (χ3n) is 3.44. The number of benzene rings is 2. The van der Waals surface area contributed by atoms with Gasteiger partial charge in [0.15, 0.2) is 0 Å². The zero-order valence-corrected chi connectivity index (χ0v) is 15.2. The van der Waals surface area contributed by atoms with Crippen molar-refractivity contribution in [1.82, 2.24) is 10.9 Å². The average Bonchev–Trinajstić information content (AvgIpc) is 2.63. The van der Waals surface area contributed by atoms with E-state index in [9.17, 15) is 9.59 Å². The van der Waals surface area contributed by atoms with Gasteiger partial charge in [0.1, 0.15) is 10.8 Å². The third-order valence-corrected chi connectivity index (χ3v) is 4.24. The first-order valence-corrected chi connectivity index (χ1v) is 8.51. The molecular formula is C18H18Cl2N2O3.